The third-order valence-electron chi connectivity index (χ3n) is 3.38. The molecule has 0 radical (unpaired) electrons. The van der Waals surface area contributed by atoms with Gasteiger partial charge in [-0.15, -0.1) is 0 Å². The van der Waals surface area contributed by atoms with Crippen molar-refractivity contribution in [2.24, 2.45) is 5.41 Å². The third kappa shape index (κ3) is 5.26. The smallest absolute Gasteiger partial charge is 0.0332 e. The Balaban J connectivity index is 2.47. The summed E-state index contributed by atoms with van der Waals surface area (Å²) < 4.78 is 2.33. The Morgan fingerprint density at radius 2 is 2.00 bits per heavy atom. The maximum Gasteiger partial charge on any atom is 0.0332 e. The van der Waals surface area contributed by atoms with Gasteiger partial charge in [0.1, 0.15) is 0 Å². The largest absolute Gasteiger partial charge is 0.354 e. The van der Waals surface area contributed by atoms with Crippen LogP contribution < -0.4 is 5.32 Å². The van der Waals surface area contributed by atoms with Crippen LogP contribution in [0.3, 0.4) is 0 Å². The molecule has 0 saturated heterocycles. The minimum Gasteiger partial charge on any atom is -0.354 e. The predicted octanol–water partition coefficient (Wildman–Crippen LogP) is 4.38. The van der Waals surface area contributed by atoms with Gasteiger partial charge in [-0.25, -0.2) is 0 Å². The van der Waals surface area contributed by atoms with Crippen molar-refractivity contribution in [3.63, 3.8) is 0 Å². The monoisotopic (exact) mass is 250 g/mol. The average Bonchev–Trinajstić information content (AvgIpc) is 2.72. The molecule has 0 saturated carbocycles. The summed E-state index contributed by atoms with van der Waals surface area (Å²) in [6, 6.07) is 2.77. The molecule has 1 N–H and O–H groups in total. The van der Waals surface area contributed by atoms with Crippen molar-refractivity contribution in [1.29, 1.82) is 0 Å². The van der Waals surface area contributed by atoms with Crippen LogP contribution in [0.2, 0.25) is 0 Å². The topological polar surface area (TPSA) is 17.0 Å². The number of nitrogens with zero attached hydrogens (tertiary/aromatic N) is 1. The fourth-order valence-electron chi connectivity index (χ4n) is 2.34. The summed E-state index contributed by atoms with van der Waals surface area (Å²) in [5.74, 6) is 0. The molecule has 18 heavy (non-hydrogen) atoms. The van der Waals surface area contributed by atoms with E-state index < -0.39 is 0 Å². The van der Waals surface area contributed by atoms with Gasteiger partial charge in [-0.3, -0.25) is 0 Å². The Morgan fingerprint density at radius 1 is 1.28 bits per heavy atom. The van der Waals surface area contributed by atoms with E-state index in [0.29, 0.717) is 11.5 Å². The molecule has 0 aliphatic heterocycles. The summed E-state index contributed by atoms with van der Waals surface area (Å²) in [4.78, 5) is 0. The van der Waals surface area contributed by atoms with Crippen molar-refractivity contribution < 1.29 is 0 Å². The summed E-state index contributed by atoms with van der Waals surface area (Å²) in [6.45, 7) is 13.5. The minimum atomic E-state index is 0.450. The summed E-state index contributed by atoms with van der Waals surface area (Å²) in [7, 11) is 0. The molecule has 1 heterocycles. The molecule has 2 nitrogen and oxygen atoms in total. The van der Waals surface area contributed by atoms with Crippen molar-refractivity contribution in [3.05, 3.63) is 24.0 Å². The molecule has 0 bridgehead atoms. The van der Waals surface area contributed by atoms with E-state index in [2.05, 4.69) is 63.0 Å². The lowest BCUT2D eigenvalue weighted by molar-refractivity contribution is 0.353. The van der Waals surface area contributed by atoms with Crippen LogP contribution >= 0.6 is 0 Å². The van der Waals surface area contributed by atoms with Gasteiger partial charge in [0.25, 0.3) is 0 Å². The van der Waals surface area contributed by atoms with Crippen LogP contribution in [0.15, 0.2) is 18.5 Å². The van der Waals surface area contributed by atoms with Crippen molar-refractivity contribution in [1.82, 2.24) is 9.88 Å². The molecule has 0 aliphatic carbocycles. The zero-order valence-electron chi connectivity index (χ0n) is 12.8. The quantitative estimate of drug-likeness (QED) is 0.760. The van der Waals surface area contributed by atoms with Crippen molar-refractivity contribution in [2.75, 3.05) is 6.54 Å². The van der Waals surface area contributed by atoms with E-state index in [-0.39, 0.29) is 0 Å². The van der Waals surface area contributed by atoms with Crippen LogP contribution in [0, 0.1) is 5.41 Å². The van der Waals surface area contributed by atoms with Gasteiger partial charge in [0.2, 0.25) is 0 Å². The van der Waals surface area contributed by atoms with Gasteiger partial charge in [-0.1, -0.05) is 34.6 Å². The molecule has 0 aromatic carbocycles. The molecule has 0 spiro atoms. The second kappa shape index (κ2) is 6.98. The SMILES string of the molecule is CCNC(CC)c1ccn(CCCC(C)(C)C)c1. The highest BCUT2D eigenvalue weighted by Crippen LogP contribution is 2.22. The Labute approximate surface area is 113 Å². The van der Waals surface area contributed by atoms with Crippen LogP contribution in [0.5, 0.6) is 0 Å². The van der Waals surface area contributed by atoms with Crippen LogP contribution in [-0.4, -0.2) is 11.1 Å². The lowest BCUT2D eigenvalue weighted by Gasteiger charge is -2.18. The Morgan fingerprint density at radius 3 is 2.56 bits per heavy atom. The van der Waals surface area contributed by atoms with Gasteiger partial charge < -0.3 is 9.88 Å². The molecule has 1 atom stereocenters. The summed E-state index contributed by atoms with van der Waals surface area (Å²) in [6.07, 6.45) is 8.22. The highest BCUT2D eigenvalue weighted by Gasteiger charge is 2.11. The summed E-state index contributed by atoms with van der Waals surface area (Å²) in [5, 5.41) is 3.53. The molecular formula is C16H30N2. The molecule has 1 rings (SSSR count). The first kappa shape index (κ1) is 15.3. The highest BCUT2D eigenvalue weighted by atomic mass is 15.0. The fraction of sp³-hybridized carbons (Fsp3) is 0.750. The van der Waals surface area contributed by atoms with E-state index in [1.165, 1.54) is 18.4 Å². The lowest BCUT2D eigenvalue weighted by Crippen LogP contribution is -2.19. The number of aryl methyl sites for hydroxylation is 1. The van der Waals surface area contributed by atoms with E-state index in [1.54, 1.807) is 0 Å². The van der Waals surface area contributed by atoms with Crippen molar-refractivity contribution >= 4 is 0 Å². The number of aromatic nitrogens is 1. The van der Waals surface area contributed by atoms with Crippen LogP contribution in [0.25, 0.3) is 0 Å². The fourth-order valence-corrected chi connectivity index (χ4v) is 2.34. The maximum absolute atomic E-state index is 3.53. The van der Waals surface area contributed by atoms with Crippen molar-refractivity contribution in [3.8, 4) is 0 Å². The molecule has 104 valence electrons. The van der Waals surface area contributed by atoms with Gasteiger partial charge in [-0.05, 0) is 42.9 Å². The summed E-state index contributed by atoms with van der Waals surface area (Å²) >= 11 is 0. The Bertz CT molecular complexity index is 333. The van der Waals surface area contributed by atoms with E-state index in [1.807, 2.05) is 0 Å². The minimum absolute atomic E-state index is 0.450. The van der Waals surface area contributed by atoms with Crippen LogP contribution in [-0.2, 0) is 6.54 Å². The second-order valence-electron chi connectivity index (χ2n) is 6.37. The first-order valence-electron chi connectivity index (χ1n) is 7.35. The van der Waals surface area contributed by atoms with Gasteiger partial charge in [0.05, 0.1) is 0 Å². The predicted molar refractivity (Wildman–Crippen MR) is 79.8 cm³/mol. The Hall–Kier alpha value is -0.760. The third-order valence-corrected chi connectivity index (χ3v) is 3.38. The van der Waals surface area contributed by atoms with E-state index in [0.717, 1.165) is 19.5 Å². The van der Waals surface area contributed by atoms with Crippen LogP contribution in [0.1, 0.15) is 65.5 Å². The molecular weight excluding hydrogens is 220 g/mol. The van der Waals surface area contributed by atoms with Crippen LogP contribution in [0.4, 0.5) is 0 Å². The van der Waals surface area contributed by atoms with E-state index >= 15 is 0 Å². The highest BCUT2D eigenvalue weighted by molar-refractivity contribution is 5.15. The second-order valence-corrected chi connectivity index (χ2v) is 6.37. The molecule has 0 aliphatic rings. The maximum atomic E-state index is 3.53. The van der Waals surface area contributed by atoms with E-state index in [4.69, 9.17) is 0 Å². The van der Waals surface area contributed by atoms with Gasteiger partial charge in [-0.2, -0.15) is 0 Å². The lowest BCUT2D eigenvalue weighted by atomic mass is 9.91. The molecule has 0 fully saturated rings. The normalized spacial score (nSPS) is 13.8. The average molecular weight is 250 g/mol. The number of hydrogen-bond acceptors (Lipinski definition) is 1. The van der Waals surface area contributed by atoms with E-state index in [9.17, 15) is 0 Å². The van der Waals surface area contributed by atoms with Gasteiger partial charge in [0, 0.05) is 25.0 Å². The van der Waals surface area contributed by atoms with Gasteiger partial charge in [0.15, 0.2) is 0 Å². The Kier molecular flexibility index (Phi) is 5.94. The first-order chi connectivity index (χ1) is 8.46. The van der Waals surface area contributed by atoms with Gasteiger partial charge >= 0.3 is 0 Å². The zero-order chi connectivity index (χ0) is 13.6. The van der Waals surface area contributed by atoms with Crippen molar-refractivity contribution in [2.45, 2.75) is 66.5 Å². The standard InChI is InChI=1S/C16H30N2/c1-6-15(17-7-2)14-9-12-18(13-14)11-8-10-16(3,4)5/h9,12-13,15,17H,6-8,10-11H2,1-5H3. The summed E-state index contributed by atoms with van der Waals surface area (Å²) in [5.41, 5.74) is 1.88. The molecule has 1 aromatic rings. The zero-order valence-corrected chi connectivity index (χ0v) is 12.8. The molecule has 1 unspecified atom stereocenters. The molecule has 1 aromatic heterocycles. The number of hydrogen-bond donors (Lipinski definition) is 1. The molecule has 2 heteroatoms. The number of nitrogens with one attached hydrogen (secondary N) is 1. The first-order valence-corrected chi connectivity index (χ1v) is 7.35. The number of rotatable bonds is 7. The molecule has 0 amide bonds.